The summed E-state index contributed by atoms with van der Waals surface area (Å²) in [4.78, 5) is 27.8. The maximum atomic E-state index is 13.2. The van der Waals surface area contributed by atoms with Gasteiger partial charge in [0.1, 0.15) is 11.8 Å². The molecule has 0 aliphatic heterocycles. The first-order valence-corrected chi connectivity index (χ1v) is 11.5. The summed E-state index contributed by atoms with van der Waals surface area (Å²) in [6.45, 7) is 10.00. The topological polar surface area (TPSA) is 58.6 Å². The van der Waals surface area contributed by atoms with Gasteiger partial charge >= 0.3 is 0 Å². The monoisotopic (exact) mass is 488 g/mol. The molecule has 2 aromatic rings. The number of carbonyl (C=O) groups excluding carboxylic acids is 2. The summed E-state index contributed by atoms with van der Waals surface area (Å²) in [7, 11) is 0. The zero-order chi connectivity index (χ0) is 23.0. The molecule has 0 spiro atoms. The lowest BCUT2D eigenvalue weighted by Gasteiger charge is -2.33. The Hall–Kier alpha value is -2.34. The summed E-state index contributed by atoms with van der Waals surface area (Å²) in [6.07, 6.45) is 1.43. The van der Waals surface area contributed by atoms with Crippen LogP contribution in [0.2, 0.25) is 0 Å². The average molecular weight is 489 g/mol. The Kier molecular flexibility index (Phi) is 9.11. The fraction of sp³-hybridized carbons (Fsp3) is 0.440. The first-order valence-electron chi connectivity index (χ1n) is 10.7. The second-order valence-electron chi connectivity index (χ2n) is 8.58. The quantitative estimate of drug-likeness (QED) is 0.533. The van der Waals surface area contributed by atoms with Crippen molar-refractivity contribution in [2.24, 2.45) is 0 Å². The second-order valence-corrected chi connectivity index (χ2v) is 9.43. The maximum absolute atomic E-state index is 13.2. The van der Waals surface area contributed by atoms with E-state index < -0.39 is 6.04 Å². The Balaban J connectivity index is 2.21. The van der Waals surface area contributed by atoms with E-state index in [1.54, 1.807) is 4.90 Å². The number of nitrogens with zero attached hydrogens (tertiary/aromatic N) is 1. The molecule has 31 heavy (non-hydrogen) atoms. The Labute approximate surface area is 194 Å². The van der Waals surface area contributed by atoms with Crippen LogP contribution in [-0.4, -0.2) is 34.9 Å². The lowest BCUT2D eigenvalue weighted by molar-refractivity contribution is -0.143. The molecule has 0 saturated heterocycles. The molecule has 168 valence electrons. The second kappa shape index (κ2) is 11.3. The third-order valence-electron chi connectivity index (χ3n) is 4.84. The van der Waals surface area contributed by atoms with Gasteiger partial charge in [-0.1, -0.05) is 50.2 Å². The third kappa shape index (κ3) is 7.69. The highest BCUT2D eigenvalue weighted by Crippen LogP contribution is 2.26. The Morgan fingerprint density at radius 1 is 1.06 bits per heavy atom. The summed E-state index contributed by atoms with van der Waals surface area (Å²) >= 11 is 3.51. The van der Waals surface area contributed by atoms with Crippen LogP contribution in [-0.2, 0) is 22.6 Å². The molecular weight excluding hydrogens is 456 g/mol. The maximum Gasteiger partial charge on any atom is 0.261 e. The van der Waals surface area contributed by atoms with Crippen molar-refractivity contribution in [2.45, 2.75) is 65.6 Å². The van der Waals surface area contributed by atoms with Gasteiger partial charge < -0.3 is 15.0 Å². The smallest absolute Gasteiger partial charge is 0.261 e. The standard InChI is InChI=1S/C25H33BrN2O3/c1-6-18-13-14-22(20(26)15-18)31-17-23(29)28(16-19-11-9-8-10-12-19)21(7-2)24(30)27-25(3,4)5/h8-15,21H,6-7,16-17H2,1-5H3,(H,27,30). The summed E-state index contributed by atoms with van der Waals surface area (Å²) in [5, 5.41) is 3.01. The highest BCUT2D eigenvalue weighted by atomic mass is 79.9. The molecule has 0 aliphatic rings. The molecule has 0 aromatic heterocycles. The van der Waals surface area contributed by atoms with Gasteiger partial charge in [-0.25, -0.2) is 0 Å². The number of hydrogen-bond donors (Lipinski definition) is 1. The number of halogens is 1. The Morgan fingerprint density at radius 2 is 1.74 bits per heavy atom. The van der Waals surface area contributed by atoms with E-state index in [0.29, 0.717) is 18.7 Å². The largest absolute Gasteiger partial charge is 0.483 e. The van der Waals surface area contributed by atoms with Gasteiger partial charge in [-0.3, -0.25) is 9.59 Å². The van der Waals surface area contributed by atoms with Crippen molar-refractivity contribution >= 4 is 27.7 Å². The first kappa shape index (κ1) is 24.9. The van der Waals surface area contributed by atoms with E-state index in [0.717, 1.165) is 16.5 Å². The van der Waals surface area contributed by atoms with E-state index in [1.807, 2.05) is 76.2 Å². The van der Waals surface area contributed by atoms with Gasteiger partial charge in [0.15, 0.2) is 6.61 Å². The van der Waals surface area contributed by atoms with Crippen molar-refractivity contribution < 1.29 is 14.3 Å². The molecule has 0 bridgehead atoms. The number of nitrogens with one attached hydrogen (secondary N) is 1. The molecule has 2 amide bonds. The molecule has 1 N–H and O–H groups in total. The van der Waals surface area contributed by atoms with Gasteiger partial charge in [-0.05, 0) is 72.8 Å². The summed E-state index contributed by atoms with van der Waals surface area (Å²) in [5.74, 6) is 0.219. The predicted octanol–water partition coefficient (Wildman–Crippen LogP) is 5.11. The number of aryl methyl sites for hydroxylation is 1. The van der Waals surface area contributed by atoms with Gasteiger partial charge in [0, 0.05) is 12.1 Å². The Bertz CT molecular complexity index is 878. The van der Waals surface area contributed by atoms with Gasteiger partial charge in [0.05, 0.1) is 4.47 Å². The van der Waals surface area contributed by atoms with Crippen molar-refractivity contribution in [3.8, 4) is 5.75 Å². The molecule has 0 heterocycles. The summed E-state index contributed by atoms with van der Waals surface area (Å²) in [6, 6.07) is 15.0. The highest BCUT2D eigenvalue weighted by molar-refractivity contribution is 9.10. The highest BCUT2D eigenvalue weighted by Gasteiger charge is 2.30. The van der Waals surface area contributed by atoms with E-state index >= 15 is 0 Å². The van der Waals surface area contributed by atoms with Crippen molar-refractivity contribution in [2.75, 3.05) is 6.61 Å². The van der Waals surface area contributed by atoms with Crippen LogP contribution in [0.5, 0.6) is 5.75 Å². The summed E-state index contributed by atoms with van der Waals surface area (Å²) < 4.78 is 6.63. The van der Waals surface area contributed by atoms with Crippen molar-refractivity contribution in [3.63, 3.8) is 0 Å². The minimum atomic E-state index is -0.582. The number of amides is 2. The van der Waals surface area contributed by atoms with Crippen molar-refractivity contribution in [1.29, 1.82) is 0 Å². The zero-order valence-electron chi connectivity index (χ0n) is 19.1. The number of benzene rings is 2. The lowest BCUT2D eigenvalue weighted by atomic mass is 10.1. The molecule has 1 atom stereocenters. The van der Waals surface area contributed by atoms with Crippen LogP contribution in [0.3, 0.4) is 0 Å². The minimum absolute atomic E-state index is 0.143. The molecule has 0 saturated carbocycles. The van der Waals surface area contributed by atoms with Crippen LogP contribution in [0.1, 0.15) is 52.2 Å². The number of ether oxygens (including phenoxy) is 1. The van der Waals surface area contributed by atoms with E-state index in [4.69, 9.17) is 4.74 Å². The van der Waals surface area contributed by atoms with Crippen LogP contribution in [0.4, 0.5) is 0 Å². The van der Waals surface area contributed by atoms with Crippen molar-refractivity contribution in [3.05, 3.63) is 64.1 Å². The lowest BCUT2D eigenvalue weighted by Crippen LogP contribution is -2.54. The normalized spacial score (nSPS) is 12.2. The predicted molar refractivity (Wildman–Crippen MR) is 128 cm³/mol. The molecule has 0 fully saturated rings. The molecule has 2 aromatic carbocycles. The van der Waals surface area contributed by atoms with E-state index in [-0.39, 0.29) is 24.0 Å². The van der Waals surface area contributed by atoms with Crippen LogP contribution in [0.15, 0.2) is 53.0 Å². The molecular formula is C25H33BrN2O3. The van der Waals surface area contributed by atoms with Crippen molar-refractivity contribution in [1.82, 2.24) is 10.2 Å². The SMILES string of the molecule is CCc1ccc(OCC(=O)N(Cc2ccccc2)C(CC)C(=O)NC(C)(C)C)c(Br)c1. The van der Waals surface area contributed by atoms with Gasteiger partial charge in [-0.2, -0.15) is 0 Å². The summed E-state index contributed by atoms with van der Waals surface area (Å²) in [5.41, 5.74) is 1.77. The van der Waals surface area contributed by atoms with Crippen LogP contribution in [0.25, 0.3) is 0 Å². The van der Waals surface area contributed by atoms with Crippen LogP contribution < -0.4 is 10.1 Å². The fourth-order valence-corrected chi connectivity index (χ4v) is 3.80. The molecule has 5 nitrogen and oxygen atoms in total. The zero-order valence-corrected chi connectivity index (χ0v) is 20.7. The Morgan fingerprint density at radius 3 is 2.29 bits per heavy atom. The molecule has 0 radical (unpaired) electrons. The first-order chi connectivity index (χ1) is 14.6. The average Bonchev–Trinajstić information content (AvgIpc) is 2.71. The van der Waals surface area contributed by atoms with Crippen LogP contribution >= 0.6 is 15.9 Å². The fourth-order valence-electron chi connectivity index (χ4n) is 3.26. The molecule has 6 heteroatoms. The molecule has 1 unspecified atom stereocenters. The van der Waals surface area contributed by atoms with Gasteiger partial charge in [0.25, 0.3) is 5.91 Å². The molecule has 0 aliphatic carbocycles. The van der Waals surface area contributed by atoms with Gasteiger partial charge in [0.2, 0.25) is 5.91 Å². The van der Waals surface area contributed by atoms with E-state index in [9.17, 15) is 9.59 Å². The van der Waals surface area contributed by atoms with Gasteiger partial charge in [-0.15, -0.1) is 0 Å². The third-order valence-corrected chi connectivity index (χ3v) is 5.46. The van der Waals surface area contributed by atoms with E-state index in [1.165, 1.54) is 5.56 Å². The number of rotatable bonds is 9. The number of hydrogen-bond acceptors (Lipinski definition) is 3. The van der Waals surface area contributed by atoms with Crippen LogP contribution in [0, 0.1) is 0 Å². The number of carbonyl (C=O) groups is 2. The minimum Gasteiger partial charge on any atom is -0.483 e. The van der Waals surface area contributed by atoms with E-state index in [2.05, 4.69) is 28.2 Å². The molecule has 2 rings (SSSR count).